The molecule has 30 heavy (non-hydrogen) atoms. The number of halogens is 1. The summed E-state index contributed by atoms with van der Waals surface area (Å²) in [5.74, 6) is -0.369. The molecule has 0 spiro atoms. The number of nitriles is 1. The van der Waals surface area contributed by atoms with E-state index in [0.717, 1.165) is 27.8 Å². The molecule has 3 N–H and O–H groups in total. The number of H-pyrrole nitrogens is 1. The highest BCUT2D eigenvalue weighted by Crippen LogP contribution is 2.36. The van der Waals surface area contributed by atoms with Gasteiger partial charge in [0.15, 0.2) is 0 Å². The van der Waals surface area contributed by atoms with Crippen LogP contribution in [0.5, 0.6) is 0 Å². The van der Waals surface area contributed by atoms with Crippen molar-refractivity contribution < 1.29 is 9.18 Å². The minimum Gasteiger partial charge on any atom is -0.334 e. The molecule has 0 saturated carbocycles. The lowest BCUT2D eigenvalue weighted by atomic mass is 9.93. The lowest BCUT2D eigenvalue weighted by Crippen LogP contribution is -2.33. The number of urea groups is 1. The molecule has 0 bridgehead atoms. The van der Waals surface area contributed by atoms with E-state index >= 15 is 0 Å². The van der Waals surface area contributed by atoms with Gasteiger partial charge in [0.1, 0.15) is 5.82 Å². The van der Waals surface area contributed by atoms with E-state index in [0.29, 0.717) is 34.4 Å². The van der Waals surface area contributed by atoms with Gasteiger partial charge in [-0.3, -0.25) is 5.10 Å². The zero-order chi connectivity index (χ0) is 20.8. The number of hydrogen-bond acceptors (Lipinski definition) is 3. The van der Waals surface area contributed by atoms with Gasteiger partial charge in [0.2, 0.25) is 0 Å². The third kappa shape index (κ3) is 2.78. The van der Waals surface area contributed by atoms with Gasteiger partial charge in [0, 0.05) is 34.3 Å². The summed E-state index contributed by atoms with van der Waals surface area (Å²) in [5.41, 5.74) is 6.05. The lowest BCUT2D eigenvalue weighted by Gasteiger charge is -2.18. The number of hydrogen-bond donors (Lipinski definition) is 3. The van der Waals surface area contributed by atoms with Crippen molar-refractivity contribution in [2.45, 2.75) is 13.5 Å². The monoisotopic (exact) mass is 397 g/mol. The van der Waals surface area contributed by atoms with E-state index in [9.17, 15) is 14.4 Å². The van der Waals surface area contributed by atoms with Gasteiger partial charge in [-0.25, -0.2) is 9.18 Å². The Kier molecular flexibility index (Phi) is 4.00. The highest BCUT2D eigenvalue weighted by Gasteiger charge is 2.19. The molecule has 0 fully saturated rings. The number of nitrogens with one attached hydrogen (secondary N) is 3. The highest BCUT2D eigenvalue weighted by atomic mass is 19.1. The van der Waals surface area contributed by atoms with E-state index in [-0.39, 0.29) is 11.8 Å². The smallest absolute Gasteiger partial charge is 0.319 e. The number of aromatic nitrogens is 2. The maximum Gasteiger partial charge on any atom is 0.319 e. The minimum atomic E-state index is -0.369. The number of aryl methyl sites for hydroxylation is 1. The Morgan fingerprint density at radius 2 is 2.03 bits per heavy atom. The number of carbonyl (C=O) groups is 1. The summed E-state index contributed by atoms with van der Waals surface area (Å²) in [6.45, 7) is 2.25. The Morgan fingerprint density at radius 3 is 2.83 bits per heavy atom. The van der Waals surface area contributed by atoms with Crippen LogP contribution in [0.2, 0.25) is 0 Å². The van der Waals surface area contributed by atoms with Crippen molar-refractivity contribution in [2.24, 2.45) is 0 Å². The fraction of sp³-hybridized carbons (Fsp3) is 0.0870. The number of amides is 2. The van der Waals surface area contributed by atoms with Crippen LogP contribution in [-0.4, -0.2) is 16.2 Å². The first-order valence-corrected chi connectivity index (χ1v) is 9.41. The van der Waals surface area contributed by atoms with Gasteiger partial charge in [0.25, 0.3) is 0 Å². The molecule has 0 atom stereocenters. The van der Waals surface area contributed by atoms with E-state index in [1.807, 2.05) is 37.3 Å². The molecular formula is C23H16FN5O. The van der Waals surface area contributed by atoms with Crippen molar-refractivity contribution in [3.05, 3.63) is 71.0 Å². The number of nitrogens with zero attached hydrogens (tertiary/aromatic N) is 2. The summed E-state index contributed by atoms with van der Waals surface area (Å²) in [4.78, 5) is 11.5. The molecule has 5 rings (SSSR count). The number of aromatic amines is 1. The van der Waals surface area contributed by atoms with Gasteiger partial charge in [0.05, 0.1) is 22.8 Å². The van der Waals surface area contributed by atoms with Gasteiger partial charge in [-0.15, -0.1) is 0 Å². The van der Waals surface area contributed by atoms with Crippen molar-refractivity contribution in [1.29, 1.82) is 5.26 Å². The normalized spacial score (nSPS) is 12.8. The maximum absolute atomic E-state index is 14.6. The SMILES string of the molecule is Cc1cccc(F)c1-c1cc2c(-c3ccc4c(c3)CNC(=O)N4)n[nH]c2cc1C#N. The first kappa shape index (κ1) is 17.9. The average Bonchev–Trinajstić information content (AvgIpc) is 3.15. The molecule has 7 heteroatoms. The minimum absolute atomic E-state index is 0.227. The number of carbonyl (C=O) groups excluding carboxylic acids is 1. The number of rotatable bonds is 2. The molecule has 2 heterocycles. The van der Waals surface area contributed by atoms with Crippen molar-refractivity contribution in [2.75, 3.05) is 5.32 Å². The topological polar surface area (TPSA) is 93.6 Å². The summed E-state index contributed by atoms with van der Waals surface area (Å²) >= 11 is 0. The number of fused-ring (bicyclic) bond motifs is 2. The van der Waals surface area contributed by atoms with Gasteiger partial charge < -0.3 is 10.6 Å². The quantitative estimate of drug-likeness (QED) is 0.451. The molecule has 3 aromatic carbocycles. The van der Waals surface area contributed by atoms with Crippen molar-refractivity contribution >= 4 is 22.6 Å². The van der Waals surface area contributed by atoms with E-state index in [1.165, 1.54) is 6.07 Å². The Hall–Kier alpha value is -4.18. The molecule has 2 amide bonds. The molecule has 0 radical (unpaired) electrons. The van der Waals surface area contributed by atoms with Crippen LogP contribution in [-0.2, 0) is 6.54 Å². The third-order valence-corrected chi connectivity index (χ3v) is 5.38. The van der Waals surface area contributed by atoms with Gasteiger partial charge in [-0.2, -0.15) is 10.4 Å². The predicted octanol–water partition coefficient (Wildman–Crippen LogP) is 4.85. The second-order valence-corrected chi connectivity index (χ2v) is 7.24. The molecule has 0 saturated heterocycles. The molecule has 1 aromatic heterocycles. The molecule has 1 aliphatic rings. The predicted molar refractivity (Wildman–Crippen MR) is 112 cm³/mol. The Labute approximate surface area is 171 Å². The summed E-state index contributed by atoms with van der Waals surface area (Å²) < 4.78 is 14.6. The molecule has 0 unspecified atom stereocenters. The van der Waals surface area contributed by atoms with Crippen LogP contribution in [0.1, 0.15) is 16.7 Å². The van der Waals surface area contributed by atoms with Crippen LogP contribution in [0.4, 0.5) is 14.9 Å². The maximum atomic E-state index is 14.6. The van der Waals surface area contributed by atoms with Crippen molar-refractivity contribution in [3.8, 4) is 28.5 Å². The Bertz CT molecular complexity index is 1360. The third-order valence-electron chi connectivity index (χ3n) is 5.38. The zero-order valence-electron chi connectivity index (χ0n) is 16.0. The molecule has 4 aromatic rings. The van der Waals surface area contributed by atoms with E-state index < -0.39 is 0 Å². The summed E-state index contributed by atoms with van der Waals surface area (Å²) in [7, 11) is 0. The second kappa shape index (κ2) is 6.71. The first-order valence-electron chi connectivity index (χ1n) is 9.41. The van der Waals surface area contributed by atoms with Gasteiger partial charge in [-0.1, -0.05) is 18.2 Å². The van der Waals surface area contributed by atoms with E-state index in [1.54, 1.807) is 12.1 Å². The molecular weight excluding hydrogens is 381 g/mol. The van der Waals surface area contributed by atoms with E-state index in [2.05, 4.69) is 26.9 Å². The average molecular weight is 397 g/mol. The summed E-state index contributed by atoms with van der Waals surface area (Å²) in [6, 6.07) is 16.0. The standard InChI is InChI=1S/C23H16FN5O/c1-12-3-2-4-18(24)21(12)16-9-17-20(8-14(16)10-25)28-29-22(17)13-5-6-19-15(7-13)11-26-23(30)27-19/h2-9H,11H2,1H3,(H,28,29)(H2,26,27,30). The fourth-order valence-corrected chi connectivity index (χ4v) is 3.91. The van der Waals surface area contributed by atoms with Crippen LogP contribution >= 0.6 is 0 Å². The van der Waals surface area contributed by atoms with Crippen molar-refractivity contribution in [1.82, 2.24) is 15.5 Å². The van der Waals surface area contributed by atoms with Crippen LogP contribution in [0.25, 0.3) is 33.3 Å². The Balaban J connectivity index is 1.71. The van der Waals surface area contributed by atoms with Crippen LogP contribution in [0.3, 0.4) is 0 Å². The molecule has 1 aliphatic heterocycles. The van der Waals surface area contributed by atoms with E-state index in [4.69, 9.17) is 0 Å². The summed E-state index contributed by atoms with van der Waals surface area (Å²) in [5, 5.41) is 23.4. The zero-order valence-corrected chi connectivity index (χ0v) is 16.0. The van der Waals surface area contributed by atoms with Gasteiger partial charge in [-0.05, 0) is 48.4 Å². The van der Waals surface area contributed by atoms with Crippen LogP contribution in [0.15, 0.2) is 48.5 Å². The molecule has 6 nitrogen and oxygen atoms in total. The second-order valence-electron chi connectivity index (χ2n) is 7.24. The first-order chi connectivity index (χ1) is 14.5. The molecule has 146 valence electrons. The Morgan fingerprint density at radius 1 is 1.17 bits per heavy atom. The lowest BCUT2D eigenvalue weighted by molar-refractivity contribution is 0.251. The van der Waals surface area contributed by atoms with Crippen molar-refractivity contribution in [3.63, 3.8) is 0 Å². The number of benzene rings is 3. The van der Waals surface area contributed by atoms with Gasteiger partial charge >= 0.3 is 6.03 Å². The largest absolute Gasteiger partial charge is 0.334 e. The highest BCUT2D eigenvalue weighted by molar-refractivity contribution is 5.99. The molecule has 0 aliphatic carbocycles. The fourth-order valence-electron chi connectivity index (χ4n) is 3.91. The summed E-state index contributed by atoms with van der Waals surface area (Å²) in [6.07, 6.45) is 0. The van der Waals surface area contributed by atoms with Crippen LogP contribution in [0, 0.1) is 24.1 Å². The number of anilines is 1. The van der Waals surface area contributed by atoms with Crippen LogP contribution < -0.4 is 10.6 Å².